The van der Waals surface area contributed by atoms with Crippen LogP contribution < -0.4 is 11.3 Å². The van der Waals surface area contributed by atoms with Gasteiger partial charge in [0.2, 0.25) is 0 Å². The van der Waals surface area contributed by atoms with E-state index in [0.717, 1.165) is 36.9 Å². The second-order valence-corrected chi connectivity index (χ2v) is 5.18. The van der Waals surface area contributed by atoms with Crippen molar-refractivity contribution in [3.63, 3.8) is 0 Å². The number of halogens is 2. The van der Waals surface area contributed by atoms with Crippen LogP contribution in [-0.2, 0) is 12.8 Å². The monoisotopic (exact) mass is 292 g/mol. The predicted molar refractivity (Wildman–Crippen MR) is 76.9 cm³/mol. The zero-order chi connectivity index (χ0) is 14.1. The minimum Gasteiger partial charge on any atom is -0.308 e. The molecule has 0 aliphatic heterocycles. The molecule has 1 heterocycles. The van der Waals surface area contributed by atoms with Gasteiger partial charge in [-0.25, -0.2) is 20.2 Å². The lowest BCUT2D eigenvalue weighted by atomic mass is 9.96. The second-order valence-electron chi connectivity index (χ2n) is 4.77. The quantitative estimate of drug-likeness (QED) is 0.659. The highest BCUT2D eigenvalue weighted by Gasteiger charge is 2.19. The molecule has 0 radical (unpaired) electrons. The number of hydrogen-bond donors (Lipinski definition) is 2. The van der Waals surface area contributed by atoms with E-state index < -0.39 is 5.82 Å². The number of rotatable bonds is 2. The Balaban J connectivity index is 2.17. The van der Waals surface area contributed by atoms with Gasteiger partial charge in [-0.1, -0.05) is 17.7 Å². The molecule has 0 atom stereocenters. The average Bonchev–Trinajstić information content (AvgIpc) is 2.49. The summed E-state index contributed by atoms with van der Waals surface area (Å²) in [5.74, 6) is 5.91. The van der Waals surface area contributed by atoms with Gasteiger partial charge in [0, 0.05) is 11.3 Å². The van der Waals surface area contributed by atoms with Crippen LogP contribution in [0.5, 0.6) is 0 Å². The fourth-order valence-corrected chi connectivity index (χ4v) is 2.68. The van der Waals surface area contributed by atoms with Crippen LogP contribution in [-0.4, -0.2) is 9.97 Å². The van der Waals surface area contributed by atoms with Gasteiger partial charge in [-0.05, 0) is 37.8 Å². The molecule has 1 aliphatic carbocycles. The smallest absolute Gasteiger partial charge is 0.164 e. The number of aromatic nitrogens is 2. The van der Waals surface area contributed by atoms with Crippen LogP contribution >= 0.6 is 11.6 Å². The lowest BCUT2D eigenvalue weighted by Crippen LogP contribution is -2.17. The Hall–Kier alpha value is -1.72. The second kappa shape index (κ2) is 5.34. The van der Waals surface area contributed by atoms with Crippen molar-refractivity contribution >= 4 is 17.4 Å². The Kier molecular flexibility index (Phi) is 3.54. The molecule has 104 valence electrons. The van der Waals surface area contributed by atoms with Crippen LogP contribution in [0.2, 0.25) is 5.02 Å². The van der Waals surface area contributed by atoms with Crippen LogP contribution in [0.25, 0.3) is 11.4 Å². The van der Waals surface area contributed by atoms with Gasteiger partial charge in [0.15, 0.2) is 11.6 Å². The SMILES string of the molecule is NNc1nc(-c2cccc(Cl)c2F)nc2c1CCCC2. The minimum atomic E-state index is -0.507. The standard InChI is InChI=1S/C14H14ClFN4/c15-10-6-3-5-9(12(10)16)13-18-11-7-2-1-4-8(11)14(19-13)20-17/h3,5-6H,1-2,4,7,17H2,(H,18,19,20). The van der Waals surface area contributed by atoms with E-state index in [1.807, 2.05) is 0 Å². The zero-order valence-electron chi connectivity index (χ0n) is 10.8. The number of hydrazine groups is 1. The Labute approximate surface area is 121 Å². The number of anilines is 1. The molecule has 0 fully saturated rings. The zero-order valence-corrected chi connectivity index (χ0v) is 11.5. The summed E-state index contributed by atoms with van der Waals surface area (Å²) in [6, 6.07) is 4.80. The third-order valence-electron chi connectivity index (χ3n) is 3.51. The summed E-state index contributed by atoms with van der Waals surface area (Å²) in [5, 5.41) is 0.0612. The van der Waals surface area contributed by atoms with Gasteiger partial charge in [-0.15, -0.1) is 0 Å². The van der Waals surface area contributed by atoms with Crippen molar-refractivity contribution < 1.29 is 4.39 Å². The normalized spacial score (nSPS) is 13.9. The highest BCUT2D eigenvalue weighted by atomic mass is 35.5. The van der Waals surface area contributed by atoms with Crippen LogP contribution in [0.4, 0.5) is 10.2 Å². The highest BCUT2D eigenvalue weighted by molar-refractivity contribution is 6.31. The molecule has 1 aromatic carbocycles. The molecule has 0 saturated heterocycles. The van der Waals surface area contributed by atoms with E-state index in [1.165, 1.54) is 6.07 Å². The van der Waals surface area contributed by atoms with E-state index in [2.05, 4.69) is 15.4 Å². The molecule has 1 aromatic heterocycles. The van der Waals surface area contributed by atoms with Crippen molar-refractivity contribution in [2.75, 3.05) is 5.43 Å². The summed E-state index contributed by atoms with van der Waals surface area (Å²) in [5.41, 5.74) is 4.86. The summed E-state index contributed by atoms with van der Waals surface area (Å²) in [7, 11) is 0. The molecule has 2 aromatic rings. The molecule has 3 N–H and O–H groups in total. The summed E-state index contributed by atoms with van der Waals surface area (Å²) in [6.45, 7) is 0. The molecular weight excluding hydrogens is 279 g/mol. The number of hydrogen-bond acceptors (Lipinski definition) is 4. The summed E-state index contributed by atoms with van der Waals surface area (Å²) in [4.78, 5) is 8.82. The Morgan fingerprint density at radius 2 is 2.00 bits per heavy atom. The van der Waals surface area contributed by atoms with Gasteiger partial charge < -0.3 is 5.43 Å². The Bertz CT molecular complexity index is 643. The first-order valence-corrected chi connectivity index (χ1v) is 6.89. The minimum absolute atomic E-state index is 0.0612. The van der Waals surface area contributed by atoms with Crippen LogP contribution in [0.1, 0.15) is 24.1 Å². The first-order valence-electron chi connectivity index (χ1n) is 6.51. The Morgan fingerprint density at radius 3 is 2.80 bits per heavy atom. The van der Waals surface area contributed by atoms with Crippen LogP contribution in [0, 0.1) is 5.82 Å². The van der Waals surface area contributed by atoms with E-state index >= 15 is 0 Å². The molecule has 1 aliphatic rings. The molecule has 6 heteroatoms. The van der Waals surface area contributed by atoms with Gasteiger partial charge in [-0.2, -0.15) is 0 Å². The third-order valence-corrected chi connectivity index (χ3v) is 3.80. The van der Waals surface area contributed by atoms with E-state index in [1.54, 1.807) is 12.1 Å². The van der Waals surface area contributed by atoms with E-state index in [0.29, 0.717) is 17.2 Å². The highest BCUT2D eigenvalue weighted by Crippen LogP contribution is 2.30. The topological polar surface area (TPSA) is 63.8 Å². The number of benzene rings is 1. The van der Waals surface area contributed by atoms with E-state index in [4.69, 9.17) is 17.4 Å². The average molecular weight is 293 g/mol. The summed E-state index contributed by atoms with van der Waals surface area (Å²) < 4.78 is 14.1. The predicted octanol–water partition coefficient (Wildman–Crippen LogP) is 3.10. The van der Waals surface area contributed by atoms with Gasteiger partial charge >= 0.3 is 0 Å². The van der Waals surface area contributed by atoms with E-state index in [9.17, 15) is 4.39 Å². The number of nitrogens with one attached hydrogen (secondary N) is 1. The molecule has 20 heavy (non-hydrogen) atoms. The van der Waals surface area contributed by atoms with Gasteiger partial charge in [0.25, 0.3) is 0 Å². The van der Waals surface area contributed by atoms with Crippen molar-refractivity contribution in [1.82, 2.24) is 9.97 Å². The number of nitrogen functional groups attached to an aromatic ring is 1. The molecule has 0 bridgehead atoms. The van der Waals surface area contributed by atoms with Crippen molar-refractivity contribution in [3.8, 4) is 11.4 Å². The number of aryl methyl sites for hydroxylation is 1. The van der Waals surface area contributed by atoms with Gasteiger partial charge in [0.1, 0.15) is 5.82 Å². The maximum atomic E-state index is 14.1. The molecule has 3 rings (SSSR count). The lowest BCUT2D eigenvalue weighted by molar-refractivity contribution is 0.628. The van der Waals surface area contributed by atoms with Crippen molar-refractivity contribution in [2.45, 2.75) is 25.7 Å². The van der Waals surface area contributed by atoms with Gasteiger partial charge in [-0.3, -0.25) is 0 Å². The molecule has 4 nitrogen and oxygen atoms in total. The van der Waals surface area contributed by atoms with Crippen LogP contribution in [0.3, 0.4) is 0 Å². The maximum absolute atomic E-state index is 14.1. The molecular formula is C14H14ClFN4. The van der Waals surface area contributed by atoms with E-state index in [-0.39, 0.29) is 5.02 Å². The first-order chi connectivity index (χ1) is 9.70. The molecule has 0 spiro atoms. The molecule has 0 unspecified atom stereocenters. The fourth-order valence-electron chi connectivity index (χ4n) is 2.51. The first kappa shape index (κ1) is 13.3. The third kappa shape index (κ3) is 2.23. The summed E-state index contributed by atoms with van der Waals surface area (Å²) >= 11 is 5.81. The van der Waals surface area contributed by atoms with Gasteiger partial charge in [0.05, 0.1) is 10.6 Å². The molecule has 0 amide bonds. The number of nitrogens with zero attached hydrogens (tertiary/aromatic N) is 2. The number of nitrogens with two attached hydrogens (primary N) is 1. The van der Waals surface area contributed by atoms with Crippen LogP contribution in [0.15, 0.2) is 18.2 Å². The largest absolute Gasteiger partial charge is 0.308 e. The lowest BCUT2D eigenvalue weighted by Gasteiger charge is -2.18. The Morgan fingerprint density at radius 1 is 1.20 bits per heavy atom. The molecule has 0 saturated carbocycles. The fraction of sp³-hybridized carbons (Fsp3) is 0.286. The van der Waals surface area contributed by atoms with Crippen molar-refractivity contribution in [1.29, 1.82) is 0 Å². The maximum Gasteiger partial charge on any atom is 0.164 e. The van der Waals surface area contributed by atoms with Crippen molar-refractivity contribution in [3.05, 3.63) is 40.3 Å². The van der Waals surface area contributed by atoms with Crippen molar-refractivity contribution in [2.24, 2.45) is 5.84 Å². The summed E-state index contributed by atoms with van der Waals surface area (Å²) in [6.07, 6.45) is 3.93. The number of fused-ring (bicyclic) bond motifs is 1.